The van der Waals surface area contributed by atoms with Crippen molar-refractivity contribution in [1.82, 2.24) is 14.9 Å². The van der Waals surface area contributed by atoms with Gasteiger partial charge in [0.05, 0.1) is 0 Å². The van der Waals surface area contributed by atoms with Crippen LogP contribution in [0.25, 0.3) is 0 Å². The van der Waals surface area contributed by atoms with Crippen molar-refractivity contribution >= 4 is 23.7 Å². The molecule has 2 aliphatic carbocycles. The molecule has 2 saturated carbocycles. The molecular weight excluding hydrogens is 356 g/mol. The lowest BCUT2D eigenvalue weighted by atomic mass is 9.95. The molecule has 1 aliphatic heterocycles. The molecule has 1 saturated heterocycles. The second kappa shape index (κ2) is 7.29. The Morgan fingerprint density at radius 2 is 1.93 bits per heavy atom. The van der Waals surface area contributed by atoms with Crippen LogP contribution < -0.4 is 16.0 Å². The average Bonchev–Trinajstić information content (AvgIpc) is 3.23. The summed E-state index contributed by atoms with van der Waals surface area (Å²) in [5.41, 5.74) is 5.51. The molecule has 1 amide bonds. The van der Waals surface area contributed by atoms with Crippen LogP contribution in [0.15, 0.2) is 6.07 Å². The van der Waals surface area contributed by atoms with E-state index in [1.807, 2.05) is 26.8 Å². The molecule has 0 radical (unpaired) electrons. The molecule has 3 atom stereocenters. The number of hydrogen-bond donors (Lipinski definition) is 2. The molecular formula is C20H32N6O2. The summed E-state index contributed by atoms with van der Waals surface area (Å²) in [6, 6.07) is 2.50. The number of hydrogen-bond acceptors (Lipinski definition) is 7. The molecule has 3 aliphatic rings. The second-order valence-electron chi connectivity index (χ2n) is 9.35. The zero-order chi connectivity index (χ0) is 19.9. The molecule has 0 spiro atoms. The number of fused-ring (bicyclic) bond motifs is 2. The topological polar surface area (TPSA) is 96.6 Å². The number of nitrogens with one attached hydrogen (secondary N) is 1. The summed E-state index contributed by atoms with van der Waals surface area (Å²) in [4.78, 5) is 25.0. The lowest BCUT2D eigenvalue weighted by Crippen LogP contribution is -2.50. The van der Waals surface area contributed by atoms with E-state index in [0.717, 1.165) is 23.5 Å². The smallest absolute Gasteiger partial charge is 0.410 e. The monoisotopic (exact) mass is 388 g/mol. The highest BCUT2D eigenvalue weighted by atomic mass is 16.6. The number of nitrogens with zero attached hydrogens (tertiary/aromatic N) is 4. The highest BCUT2D eigenvalue weighted by Crippen LogP contribution is 2.45. The third kappa shape index (κ3) is 4.25. The number of amides is 1. The Morgan fingerprint density at radius 3 is 2.54 bits per heavy atom. The zero-order valence-corrected chi connectivity index (χ0v) is 17.1. The molecule has 154 valence electrons. The Labute approximate surface area is 166 Å². The standard InChI is InChI=1S/C20H32N6O2/c1-20(2,3)28-19(27)26-8-6-25(7-9-26)17-12-16(23-18(21)24-17)22-15-11-13-4-5-14(15)10-13/h12-15H,4-11H2,1-3H3,(H3,21,22,23,24)/t13-,14+,15+/m0/s1. The largest absolute Gasteiger partial charge is 0.444 e. The van der Waals surface area contributed by atoms with Crippen LogP contribution in [0.2, 0.25) is 0 Å². The van der Waals surface area contributed by atoms with E-state index in [9.17, 15) is 4.79 Å². The number of aromatic nitrogens is 2. The van der Waals surface area contributed by atoms with Gasteiger partial charge in [-0.3, -0.25) is 0 Å². The molecule has 2 bridgehead atoms. The fourth-order valence-corrected chi connectivity index (χ4v) is 4.74. The van der Waals surface area contributed by atoms with Crippen molar-refractivity contribution < 1.29 is 9.53 Å². The highest BCUT2D eigenvalue weighted by Gasteiger charge is 2.39. The van der Waals surface area contributed by atoms with E-state index < -0.39 is 5.60 Å². The van der Waals surface area contributed by atoms with Gasteiger partial charge < -0.3 is 25.6 Å². The molecule has 8 nitrogen and oxygen atoms in total. The van der Waals surface area contributed by atoms with E-state index in [2.05, 4.69) is 20.2 Å². The van der Waals surface area contributed by atoms with Gasteiger partial charge in [-0.05, 0) is 51.9 Å². The SMILES string of the molecule is CC(C)(C)OC(=O)N1CCN(c2cc(N[C@@H]3C[C@H]4CC[C@@H]3C4)nc(N)n2)CC1. The molecule has 1 aromatic heterocycles. The van der Waals surface area contributed by atoms with Crippen molar-refractivity contribution in [3.05, 3.63) is 6.07 Å². The van der Waals surface area contributed by atoms with Gasteiger partial charge in [0, 0.05) is 38.3 Å². The van der Waals surface area contributed by atoms with Crippen LogP contribution in [-0.4, -0.2) is 58.8 Å². The molecule has 3 N–H and O–H groups in total. The Hall–Kier alpha value is -2.25. The van der Waals surface area contributed by atoms with Crippen LogP contribution in [0.4, 0.5) is 22.4 Å². The van der Waals surface area contributed by atoms with Crippen molar-refractivity contribution in [2.24, 2.45) is 11.8 Å². The molecule has 28 heavy (non-hydrogen) atoms. The van der Waals surface area contributed by atoms with Crippen molar-refractivity contribution in [3.8, 4) is 0 Å². The fraction of sp³-hybridized carbons (Fsp3) is 0.750. The quantitative estimate of drug-likeness (QED) is 0.822. The van der Waals surface area contributed by atoms with Gasteiger partial charge in [0.25, 0.3) is 0 Å². The number of rotatable bonds is 3. The Balaban J connectivity index is 1.37. The molecule has 3 fully saturated rings. The molecule has 1 aromatic rings. The number of ether oxygens (including phenoxy) is 1. The molecule has 0 aromatic carbocycles. The predicted molar refractivity (Wildman–Crippen MR) is 109 cm³/mol. The molecule has 2 heterocycles. The van der Waals surface area contributed by atoms with Gasteiger partial charge in [0.1, 0.15) is 17.2 Å². The third-order valence-corrected chi connectivity index (χ3v) is 6.06. The van der Waals surface area contributed by atoms with Gasteiger partial charge in [0.2, 0.25) is 5.95 Å². The van der Waals surface area contributed by atoms with E-state index >= 15 is 0 Å². The van der Waals surface area contributed by atoms with Crippen LogP contribution >= 0.6 is 0 Å². The van der Waals surface area contributed by atoms with Gasteiger partial charge in [-0.15, -0.1) is 0 Å². The van der Waals surface area contributed by atoms with E-state index in [1.165, 1.54) is 25.7 Å². The average molecular weight is 389 g/mol. The van der Waals surface area contributed by atoms with Crippen LogP contribution in [-0.2, 0) is 4.74 Å². The van der Waals surface area contributed by atoms with Crippen molar-refractivity contribution in [2.45, 2.75) is 58.1 Å². The Kier molecular flexibility index (Phi) is 4.97. The van der Waals surface area contributed by atoms with Crippen molar-refractivity contribution in [1.29, 1.82) is 0 Å². The third-order valence-electron chi connectivity index (χ3n) is 6.06. The summed E-state index contributed by atoms with van der Waals surface area (Å²) in [5.74, 6) is 3.57. The summed E-state index contributed by atoms with van der Waals surface area (Å²) in [7, 11) is 0. The highest BCUT2D eigenvalue weighted by molar-refractivity contribution is 5.68. The Bertz CT molecular complexity index is 726. The van der Waals surface area contributed by atoms with Crippen LogP contribution in [0.3, 0.4) is 0 Å². The first-order chi connectivity index (χ1) is 13.3. The predicted octanol–water partition coefficient (Wildman–Crippen LogP) is 2.72. The van der Waals surface area contributed by atoms with E-state index in [-0.39, 0.29) is 12.0 Å². The first kappa shape index (κ1) is 19.1. The Morgan fingerprint density at radius 1 is 1.18 bits per heavy atom. The van der Waals surface area contributed by atoms with Crippen LogP contribution in [0.1, 0.15) is 46.5 Å². The van der Waals surface area contributed by atoms with Gasteiger partial charge in [-0.25, -0.2) is 4.79 Å². The van der Waals surface area contributed by atoms with Crippen LogP contribution in [0.5, 0.6) is 0 Å². The lowest BCUT2D eigenvalue weighted by molar-refractivity contribution is 0.0240. The molecule has 8 heteroatoms. The number of carbonyl (C=O) groups is 1. The normalized spacial score (nSPS) is 27.2. The zero-order valence-electron chi connectivity index (χ0n) is 17.1. The summed E-state index contributed by atoms with van der Waals surface area (Å²) in [5, 5.41) is 3.60. The van der Waals surface area contributed by atoms with Crippen molar-refractivity contribution in [2.75, 3.05) is 42.1 Å². The maximum absolute atomic E-state index is 12.3. The lowest BCUT2D eigenvalue weighted by Gasteiger charge is -2.36. The first-order valence-electron chi connectivity index (χ1n) is 10.4. The molecule has 0 unspecified atom stereocenters. The minimum Gasteiger partial charge on any atom is -0.444 e. The number of nitrogen functional groups attached to an aromatic ring is 1. The fourth-order valence-electron chi connectivity index (χ4n) is 4.74. The number of carbonyl (C=O) groups excluding carboxylic acids is 1. The number of nitrogens with two attached hydrogens (primary N) is 1. The van der Waals surface area contributed by atoms with Gasteiger partial charge in [-0.1, -0.05) is 6.42 Å². The van der Waals surface area contributed by atoms with E-state index in [0.29, 0.717) is 32.2 Å². The molecule has 4 rings (SSSR count). The summed E-state index contributed by atoms with van der Waals surface area (Å²) in [6.45, 7) is 8.26. The number of piperazine rings is 1. The van der Waals surface area contributed by atoms with Gasteiger partial charge in [0.15, 0.2) is 0 Å². The van der Waals surface area contributed by atoms with Gasteiger partial charge >= 0.3 is 6.09 Å². The maximum atomic E-state index is 12.3. The summed E-state index contributed by atoms with van der Waals surface area (Å²) >= 11 is 0. The minimum absolute atomic E-state index is 0.256. The van der Waals surface area contributed by atoms with E-state index in [4.69, 9.17) is 10.5 Å². The number of anilines is 3. The van der Waals surface area contributed by atoms with Crippen LogP contribution in [0, 0.1) is 11.8 Å². The maximum Gasteiger partial charge on any atom is 0.410 e. The van der Waals surface area contributed by atoms with E-state index in [1.54, 1.807) is 4.90 Å². The summed E-state index contributed by atoms with van der Waals surface area (Å²) in [6.07, 6.45) is 5.02. The first-order valence-corrected chi connectivity index (χ1v) is 10.4. The minimum atomic E-state index is -0.477. The summed E-state index contributed by atoms with van der Waals surface area (Å²) < 4.78 is 5.47. The van der Waals surface area contributed by atoms with Crippen molar-refractivity contribution in [3.63, 3.8) is 0 Å². The second-order valence-corrected chi connectivity index (χ2v) is 9.35. The van der Waals surface area contributed by atoms with Gasteiger partial charge in [-0.2, -0.15) is 9.97 Å².